The van der Waals surface area contributed by atoms with Gasteiger partial charge in [-0.1, -0.05) is 6.92 Å². The van der Waals surface area contributed by atoms with Gasteiger partial charge in [-0.25, -0.2) is 4.39 Å². The Morgan fingerprint density at radius 3 is 1.75 bits per heavy atom. The van der Waals surface area contributed by atoms with Crippen molar-refractivity contribution in [3.05, 3.63) is 12.4 Å². The van der Waals surface area contributed by atoms with Gasteiger partial charge in [0.05, 0.1) is 0 Å². The molecule has 50 valence electrons. The molecule has 0 aromatic heterocycles. The Labute approximate surface area is 51.0 Å². The average molecular weight is 147 g/mol. The molecule has 0 heterocycles. The predicted octanol–water partition coefficient (Wildman–Crippen LogP) is 2.94. The van der Waals surface area contributed by atoms with Crippen LogP contribution in [0.25, 0.3) is 0 Å². The van der Waals surface area contributed by atoms with E-state index in [1.54, 1.807) is 0 Å². The molecule has 0 saturated carbocycles. The first-order valence-corrected chi connectivity index (χ1v) is 2.39. The molecule has 0 atom stereocenters. The SMILES string of the molecule is CCCl.FC=C(F)F. The highest BCUT2D eigenvalue weighted by Gasteiger charge is 1.78. The highest BCUT2D eigenvalue weighted by Crippen LogP contribution is 1.93. The van der Waals surface area contributed by atoms with Gasteiger partial charge in [-0.05, 0) is 0 Å². The monoisotopic (exact) mass is 146 g/mol. The second-order valence-corrected chi connectivity index (χ2v) is 1.20. The van der Waals surface area contributed by atoms with Crippen molar-refractivity contribution in [2.75, 3.05) is 5.88 Å². The van der Waals surface area contributed by atoms with E-state index in [1.807, 2.05) is 6.92 Å². The van der Waals surface area contributed by atoms with E-state index in [4.69, 9.17) is 11.6 Å². The van der Waals surface area contributed by atoms with Crippen LogP contribution < -0.4 is 0 Å². The summed E-state index contributed by atoms with van der Waals surface area (Å²) < 4.78 is 30.7. The fraction of sp³-hybridized carbons (Fsp3) is 0.500. The molecule has 0 aliphatic rings. The maximum absolute atomic E-state index is 10.2. The summed E-state index contributed by atoms with van der Waals surface area (Å²) in [6.45, 7) is 1.89. The molecular weight excluding hydrogens is 140 g/mol. The average Bonchev–Trinajstić information content (AvgIpc) is 1.69. The van der Waals surface area contributed by atoms with Crippen LogP contribution in [0.15, 0.2) is 12.4 Å². The van der Waals surface area contributed by atoms with Crippen molar-refractivity contribution in [2.45, 2.75) is 6.92 Å². The molecule has 0 aromatic rings. The van der Waals surface area contributed by atoms with Gasteiger partial charge in [0.15, 0.2) is 6.33 Å². The molecule has 0 nitrogen and oxygen atoms in total. The van der Waals surface area contributed by atoms with E-state index in [0.29, 0.717) is 0 Å². The normalized spacial score (nSPS) is 6.62. The van der Waals surface area contributed by atoms with Crippen molar-refractivity contribution in [3.8, 4) is 0 Å². The molecule has 0 aliphatic heterocycles. The lowest BCUT2D eigenvalue weighted by Gasteiger charge is -1.59. The standard InChI is InChI=1S/C2H5Cl.C2HF3/c1-2-3;3-1-2(4)5/h2H2,1H3;1H. The Kier molecular flexibility index (Phi) is 13.3. The summed E-state index contributed by atoms with van der Waals surface area (Å²) in [5.41, 5.74) is 0. The van der Waals surface area contributed by atoms with Crippen LogP contribution in [0.2, 0.25) is 0 Å². The summed E-state index contributed by atoms with van der Waals surface area (Å²) in [5.74, 6) is 0.722. The Bertz CT molecular complexity index is 58.3. The first-order chi connectivity index (χ1) is 3.68. The van der Waals surface area contributed by atoms with Crippen LogP contribution in [0.1, 0.15) is 6.92 Å². The third-order valence-electron chi connectivity index (χ3n) is 0.0825. The van der Waals surface area contributed by atoms with E-state index < -0.39 is 12.4 Å². The molecule has 0 fully saturated rings. The molecule has 0 aromatic carbocycles. The van der Waals surface area contributed by atoms with Crippen LogP contribution in [0, 0.1) is 0 Å². The Hall–Kier alpha value is -0.180. The Morgan fingerprint density at radius 1 is 1.62 bits per heavy atom. The van der Waals surface area contributed by atoms with Crippen LogP contribution in [-0.2, 0) is 0 Å². The molecule has 8 heavy (non-hydrogen) atoms. The zero-order valence-corrected chi connectivity index (χ0v) is 5.05. The number of halogens is 4. The first kappa shape index (κ1) is 10.7. The minimum atomic E-state index is -2.29. The van der Waals surface area contributed by atoms with Gasteiger partial charge in [-0.2, -0.15) is 8.78 Å². The quantitative estimate of drug-likeness (QED) is 0.461. The first-order valence-electron chi connectivity index (χ1n) is 1.86. The van der Waals surface area contributed by atoms with Crippen LogP contribution in [0.4, 0.5) is 13.2 Å². The van der Waals surface area contributed by atoms with Crippen molar-refractivity contribution in [2.24, 2.45) is 0 Å². The summed E-state index contributed by atoms with van der Waals surface area (Å²) in [6, 6.07) is 0. The molecular formula is C4H6ClF3. The van der Waals surface area contributed by atoms with Gasteiger partial charge in [-0.15, -0.1) is 11.6 Å². The topological polar surface area (TPSA) is 0 Å². The fourth-order valence-corrected chi connectivity index (χ4v) is 0. The molecule has 0 amide bonds. The molecule has 0 saturated heterocycles. The summed E-state index contributed by atoms with van der Waals surface area (Å²) >= 11 is 5.00. The summed E-state index contributed by atoms with van der Waals surface area (Å²) in [4.78, 5) is 0. The lowest BCUT2D eigenvalue weighted by molar-refractivity contribution is 0.400. The molecule has 0 unspecified atom stereocenters. The lowest BCUT2D eigenvalue weighted by atomic mass is 11.0. The second-order valence-electron chi connectivity index (χ2n) is 0.666. The number of alkyl halides is 1. The number of hydrogen-bond donors (Lipinski definition) is 0. The van der Waals surface area contributed by atoms with E-state index in [-0.39, 0.29) is 0 Å². The molecule has 0 spiro atoms. The van der Waals surface area contributed by atoms with Crippen molar-refractivity contribution < 1.29 is 13.2 Å². The van der Waals surface area contributed by atoms with Crippen molar-refractivity contribution in [1.82, 2.24) is 0 Å². The highest BCUT2D eigenvalue weighted by atomic mass is 35.5. The van der Waals surface area contributed by atoms with Crippen LogP contribution in [-0.4, -0.2) is 5.88 Å². The molecule has 0 aliphatic carbocycles. The Balaban J connectivity index is 0. The van der Waals surface area contributed by atoms with Gasteiger partial charge in [-0.3, -0.25) is 0 Å². The van der Waals surface area contributed by atoms with Gasteiger partial charge in [0.1, 0.15) is 0 Å². The number of rotatable bonds is 0. The maximum Gasteiger partial charge on any atom is 0.298 e. The zero-order chi connectivity index (χ0) is 6.99. The fourth-order valence-electron chi connectivity index (χ4n) is 0. The van der Waals surface area contributed by atoms with E-state index in [0.717, 1.165) is 5.88 Å². The van der Waals surface area contributed by atoms with Gasteiger partial charge >= 0.3 is 0 Å². The Morgan fingerprint density at radius 2 is 1.75 bits per heavy atom. The van der Waals surface area contributed by atoms with Gasteiger partial charge in [0.25, 0.3) is 6.08 Å². The number of hydrogen-bond acceptors (Lipinski definition) is 0. The minimum absolute atomic E-state index is 0.722. The molecule has 0 N–H and O–H groups in total. The second kappa shape index (κ2) is 9.94. The van der Waals surface area contributed by atoms with Crippen LogP contribution in [0.3, 0.4) is 0 Å². The van der Waals surface area contributed by atoms with E-state index in [2.05, 4.69) is 0 Å². The van der Waals surface area contributed by atoms with Crippen molar-refractivity contribution in [3.63, 3.8) is 0 Å². The lowest BCUT2D eigenvalue weighted by Crippen LogP contribution is -1.42. The van der Waals surface area contributed by atoms with Crippen LogP contribution >= 0.6 is 11.6 Å². The predicted molar refractivity (Wildman–Crippen MR) is 27.8 cm³/mol. The summed E-state index contributed by atoms with van der Waals surface area (Å²) in [7, 11) is 0. The van der Waals surface area contributed by atoms with Crippen molar-refractivity contribution >= 4 is 11.6 Å². The third-order valence-corrected chi connectivity index (χ3v) is 0.0825. The van der Waals surface area contributed by atoms with Crippen LogP contribution in [0.5, 0.6) is 0 Å². The maximum atomic E-state index is 10.2. The summed E-state index contributed by atoms with van der Waals surface area (Å²) in [5, 5.41) is 0. The molecule has 0 radical (unpaired) electrons. The summed E-state index contributed by atoms with van der Waals surface area (Å²) in [6.07, 6.45) is -3.04. The molecule has 0 bridgehead atoms. The third kappa shape index (κ3) is 40.8. The zero-order valence-electron chi connectivity index (χ0n) is 4.30. The van der Waals surface area contributed by atoms with Crippen molar-refractivity contribution in [1.29, 1.82) is 0 Å². The van der Waals surface area contributed by atoms with Gasteiger partial charge in [0.2, 0.25) is 0 Å². The largest absolute Gasteiger partial charge is 0.298 e. The van der Waals surface area contributed by atoms with Gasteiger partial charge in [0, 0.05) is 5.88 Å². The molecule has 4 heteroatoms. The van der Waals surface area contributed by atoms with E-state index >= 15 is 0 Å². The van der Waals surface area contributed by atoms with E-state index in [9.17, 15) is 13.2 Å². The van der Waals surface area contributed by atoms with Gasteiger partial charge < -0.3 is 0 Å². The highest BCUT2D eigenvalue weighted by molar-refractivity contribution is 6.17. The minimum Gasteiger partial charge on any atom is -0.210 e. The van der Waals surface area contributed by atoms with E-state index in [1.165, 1.54) is 0 Å². The smallest absolute Gasteiger partial charge is 0.210 e. The molecule has 0 rings (SSSR count).